The van der Waals surface area contributed by atoms with E-state index in [2.05, 4.69) is 38.5 Å². The first-order valence-electron chi connectivity index (χ1n) is 6.80. The average molecular weight is 399 g/mol. The van der Waals surface area contributed by atoms with Crippen molar-refractivity contribution in [1.82, 2.24) is 5.43 Å². The molecule has 1 heterocycles. The van der Waals surface area contributed by atoms with Crippen molar-refractivity contribution < 1.29 is 0 Å². The first-order valence-corrected chi connectivity index (χ1v) is 8.35. The molecule has 22 heavy (non-hydrogen) atoms. The molecule has 1 aliphatic rings. The summed E-state index contributed by atoms with van der Waals surface area (Å²) in [5.41, 5.74) is 5.41. The van der Waals surface area contributed by atoms with Crippen molar-refractivity contribution in [2.75, 3.05) is 12.1 Å². The van der Waals surface area contributed by atoms with E-state index in [0.717, 1.165) is 22.4 Å². The lowest BCUT2D eigenvalue weighted by Crippen LogP contribution is -2.35. The summed E-state index contributed by atoms with van der Waals surface area (Å²) in [6.45, 7) is 0. The van der Waals surface area contributed by atoms with Crippen molar-refractivity contribution in [1.29, 1.82) is 0 Å². The second-order valence-electron chi connectivity index (χ2n) is 5.02. The van der Waals surface area contributed by atoms with Gasteiger partial charge in [0, 0.05) is 23.0 Å². The van der Waals surface area contributed by atoms with Gasteiger partial charge in [0.1, 0.15) is 5.84 Å². The molecule has 0 aliphatic carbocycles. The molecule has 0 radical (unpaired) electrons. The second-order valence-corrected chi connectivity index (χ2v) is 6.78. The highest BCUT2D eigenvalue weighted by Gasteiger charge is 2.31. The fraction of sp³-hybridized carbons (Fsp3) is 0.188. The van der Waals surface area contributed by atoms with Crippen LogP contribution in [-0.4, -0.2) is 12.9 Å². The normalized spacial score (nSPS) is 19.5. The number of benzene rings is 2. The molecular weight excluding hydrogens is 385 g/mol. The number of hydrazine groups is 1. The van der Waals surface area contributed by atoms with E-state index in [-0.39, 0.29) is 6.04 Å². The Bertz CT molecular complexity index is 716. The lowest BCUT2D eigenvalue weighted by Gasteiger charge is -2.27. The number of hydrogen-bond acceptors (Lipinski definition) is 2. The summed E-state index contributed by atoms with van der Waals surface area (Å²) < 4.78 is 1.06. The molecule has 0 amide bonds. The van der Waals surface area contributed by atoms with Crippen molar-refractivity contribution in [3.63, 3.8) is 0 Å². The average Bonchev–Trinajstić information content (AvgIpc) is 2.92. The molecule has 1 N–H and O–H groups in total. The maximum absolute atomic E-state index is 6.36. The van der Waals surface area contributed by atoms with Gasteiger partial charge in [0.05, 0.1) is 16.8 Å². The molecule has 3 rings (SSSR count). The van der Waals surface area contributed by atoms with E-state index in [9.17, 15) is 0 Å². The third kappa shape index (κ3) is 3.09. The summed E-state index contributed by atoms with van der Waals surface area (Å²) in [5.74, 6) is 0.930. The molecule has 1 fully saturated rings. The van der Waals surface area contributed by atoms with Crippen molar-refractivity contribution in [3.05, 3.63) is 62.5 Å². The summed E-state index contributed by atoms with van der Waals surface area (Å²) in [7, 11) is 1.79. The van der Waals surface area contributed by atoms with Gasteiger partial charge in [-0.2, -0.15) is 0 Å². The Hall–Kier alpha value is -1.23. The van der Waals surface area contributed by atoms with Crippen LogP contribution in [0.3, 0.4) is 0 Å². The highest BCUT2D eigenvalue weighted by atomic mass is 79.9. The van der Waals surface area contributed by atoms with E-state index < -0.39 is 0 Å². The van der Waals surface area contributed by atoms with Crippen LogP contribution in [0.2, 0.25) is 10.0 Å². The number of rotatable bonds is 2. The Morgan fingerprint density at radius 1 is 1.18 bits per heavy atom. The van der Waals surface area contributed by atoms with E-state index in [1.54, 1.807) is 13.1 Å². The standard InChI is InChI=1S/C16H14BrCl2N3/c1-20-16-9-15(10-2-4-11(17)5-3-10)22(21-16)14-7-6-12(18)8-13(14)19/h2-8,15H,9H2,1H3,(H,20,21). The monoisotopic (exact) mass is 397 g/mol. The molecule has 1 saturated heterocycles. The predicted octanol–water partition coefficient (Wildman–Crippen LogP) is 5.24. The number of nitrogens with one attached hydrogen (secondary N) is 1. The molecule has 0 bridgehead atoms. The Balaban J connectivity index is 2.01. The fourth-order valence-electron chi connectivity index (χ4n) is 2.53. The number of nitrogens with zero attached hydrogens (tertiary/aromatic N) is 2. The van der Waals surface area contributed by atoms with E-state index in [0.29, 0.717) is 10.0 Å². The minimum Gasteiger partial charge on any atom is -0.285 e. The molecule has 3 nitrogen and oxygen atoms in total. The molecule has 2 aromatic rings. The summed E-state index contributed by atoms with van der Waals surface area (Å²) >= 11 is 15.8. The molecule has 1 aliphatic heterocycles. The number of amidine groups is 1. The molecule has 1 unspecified atom stereocenters. The van der Waals surface area contributed by atoms with Crippen LogP contribution in [0.5, 0.6) is 0 Å². The number of anilines is 1. The van der Waals surface area contributed by atoms with Gasteiger partial charge in [-0.3, -0.25) is 15.4 Å². The number of hydrogen-bond donors (Lipinski definition) is 1. The van der Waals surface area contributed by atoms with Gasteiger partial charge in [0.25, 0.3) is 0 Å². The van der Waals surface area contributed by atoms with Gasteiger partial charge in [0.2, 0.25) is 0 Å². The minimum atomic E-state index is 0.130. The van der Waals surface area contributed by atoms with E-state index in [1.807, 2.05) is 29.3 Å². The molecule has 1 atom stereocenters. The van der Waals surface area contributed by atoms with E-state index >= 15 is 0 Å². The van der Waals surface area contributed by atoms with E-state index in [1.165, 1.54) is 5.56 Å². The van der Waals surface area contributed by atoms with Crippen LogP contribution >= 0.6 is 39.1 Å². The summed E-state index contributed by atoms with van der Waals surface area (Å²) in [6.07, 6.45) is 0.803. The van der Waals surface area contributed by atoms with Gasteiger partial charge in [0.15, 0.2) is 0 Å². The molecule has 2 aromatic carbocycles. The first-order chi connectivity index (χ1) is 10.6. The molecule has 114 valence electrons. The van der Waals surface area contributed by atoms with Gasteiger partial charge in [-0.1, -0.05) is 51.3 Å². The Kier molecular flexibility index (Phi) is 4.62. The topological polar surface area (TPSA) is 27.6 Å². The number of aliphatic imine (C=N–C) groups is 1. The predicted molar refractivity (Wildman–Crippen MR) is 96.9 cm³/mol. The minimum absolute atomic E-state index is 0.130. The van der Waals surface area contributed by atoms with Crippen LogP contribution in [0, 0.1) is 0 Å². The van der Waals surface area contributed by atoms with Crippen LogP contribution in [0.25, 0.3) is 0 Å². The van der Waals surface area contributed by atoms with Crippen LogP contribution < -0.4 is 10.4 Å². The maximum atomic E-state index is 6.36. The lowest BCUT2D eigenvalue weighted by molar-refractivity contribution is 0.686. The largest absolute Gasteiger partial charge is 0.285 e. The number of halogens is 3. The Morgan fingerprint density at radius 2 is 1.91 bits per heavy atom. The van der Waals surface area contributed by atoms with Crippen molar-refractivity contribution in [3.8, 4) is 0 Å². The summed E-state index contributed by atoms with van der Waals surface area (Å²) in [5, 5.41) is 3.28. The van der Waals surface area contributed by atoms with Gasteiger partial charge in [-0.05, 0) is 35.9 Å². The van der Waals surface area contributed by atoms with Crippen LogP contribution in [0.1, 0.15) is 18.0 Å². The SMILES string of the molecule is CN=C1CC(c2ccc(Br)cc2)N(c2ccc(Cl)cc2Cl)N1. The third-order valence-corrected chi connectivity index (χ3v) is 4.71. The van der Waals surface area contributed by atoms with Crippen LogP contribution in [-0.2, 0) is 0 Å². The van der Waals surface area contributed by atoms with Crippen molar-refractivity contribution >= 4 is 50.7 Å². The van der Waals surface area contributed by atoms with Gasteiger partial charge in [-0.25, -0.2) is 0 Å². The molecule has 0 spiro atoms. The highest BCUT2D eigenvalue weighted by Crippen LogP contribution is 2.37. The zero-order valence-corrected chi connectivity index (χ0v) is 15.0. The maximum Gasteiger partial charge on any atom is 0.117 e. The fourth-order valence-corrected chi connectivity index (χ4v) is 3.30. The molecule has 0 saturated carbocycles. The van der Waals surface area contributed by atoms with Crippen LogP contribution in [0.4, 0.5) is 5.69 Å². The molecule has 0 aromatic heterocycles. The summed E-state index contributed by atoms with van der Waals surface area (Å²) in [4.78, 5) is 4.29. The quantitative estimate of drug-likeness (QED) is 0.748. The van der Waals surface area contributed by atoms with Crippen LogP contribution in [0.15, 0.2) is 51.9 Å². The zero-order valence-electron chi connectivity index (χ0n) is 11.9. The summed E-state index contributed by atoms with van der Waals surface area (Å²) in [6, 6.07) is 13.9. The van der Waals surface area contributed by atoms with Gasteiger partial charge < -0.3 is 0 Å². The van der Waals surface area contributed by atoms with Crippen molar-refractivity contribution in [2.24, 2.45) is 4.99 Å². The van der Waals surface area contributed by atoms with Gasteiger partial charge in [-0.15, -0.1) is 0 Å². The van der Waals surface area contributed by atoms with Crippen molar-refractivity contribution in [2.45, 2.75) is 12.5 Å². The van der Waals surface area contributed by atoms with Gasteiger partial charge >= 0.3 is 0 Å². The highest BCUT2D eigenvalue weighted by molar-refractivity contribution is 9.10. The Labute approximate surface area is 148 Å². The zero-order chi connectivity index (χ0) is 15.7. The smallest absolute Gasteiger partial charge is 0.117 e. The third-order valence-electron chi connectivity index (χ3n) is 3.64. The Morgan fingerprint density at radius 3 is 2.55 bits per heavy atom. The van der Waals surface area contributed by atoms with E-state index in [4.69, 9.17) is 23.2 Å². The first kappa shape index (κ1) is 15.7. The second kappa shape index (κ2) is 6.49. The lowest BCUT2D eigenvalue weighted by atomic mass is 10.0. The molecule has 6 heteroatoms. The molecular formula is C16H14BrCl2N3.